The van der Waals surface area contributed by atoms with Gasteiger partial charge in [-0.15, -0.1) is 0 Å². The third-order valence-corrected chi connectivity index (χ3v) is 4.49. The number of aromatic hydroxyl groups is 1. The van der Waals surface area contributed by atoms with Gasteiger partial charge in [-0.05, 0) is 54.6 Å². The lowest BCUT2D eigenvalue weighted by molar-refractivity contribution is 0.450. The minimum atomic E-state index is 0.538. The number of hydrogen-bond donors (Lipinski definition) is 1. The highest BCUT2D eigenvalue weighted by molar-refractivity contribution is 5.43. The smallest absolute Gasteiger partial charge is 0.122 e. The molecule has 2 aliphatic carbocycles. The van der Waals surface area contributed by atoms with Gasteiger partial charge in [0.2, 0.25) is 0 Å². The second-order valence-electron chi connectivity index (χ2n) is 5.96. The molecule has 0 saturated heterocycles. The molecule has 2 fully saturated rings. The molecule has 0 aliphatic heterocycles. The average molecular weight is 230 g/mol. The van der Waals surface area contributed by atoms with Gasteiger partial charge in [0.25, 0.3) is 0 Å². The van der Waals surface area contributed by atoms with Gasteiger partial charge in [0.1, 0.15) is 5.75 Å². The zero-order chi connectivity index (χ0) is 11.8. The van der Waals surface area contributed by atoms with Crippen molar-refractivity contribution in [3.05, 3.63) is 29.3 Å². The summed E-state index contributed by atoms with van der Waals surface area (Å²) >= 11 is 0. The molecule has 2 aliphatic rings. The fourth-order valence-corrected chi connectivity index (χ4v) is 2.80. The molecule has 17 heavy (non-hydrogen) atoms. The minimum absolute atomic E-state index is 0.538. The molecule has 3 rings (SSSR count). The Labute approximate surface area is 104 Å². The van der Waals surface area contributed by atoms with Crippen LogP contribution in [0.15, 0.2) is 18.2 Å². The molecule has 1 nitrogen and oxygen atoms in total. The summed E-state index contributed by atoms with van der Waals surface area (Å²) in [4.78, 5) is 0. The molecular formula is C16H22O. The van der Waals surface area contributed by atoms with Crippen molar-refractivity contribution in [2.45, 2.75) is 51.4 Å². The van der Waals surface area contributed by atoms with Gasteiger partial charge < -0.3 is 5.11 Å². The number of phenols is 1. The molecule has 92 valence electrons. The van der Waals surface area contributed by atoms with Crippen molar-refractivity contribution in [1.29, 1.82) is 0 Å². The van der Waals surface area contributed by atoms with Crippen LogP contribution in [0.3, 0.4) is 0 Å². The number of phenolic OH excluding ortho intramolecular Hbond substituents is 1. The Morgan fingerprint density at radius 1 is 1.24 bits per heavy atom. The van der Waals surface area contributed by atoms with Crippen LogP contribution in [0.25, 0.3) is 0 Å². The molecule has 2 saturated carbocycles. The Kier molecular flexibility index (Phi) is 2.85. The first kappa shape index (κ1) is 11.1. The summed E-state index contributed by atoms with van der Waals surface area (Å²) in [6.07, 6.45) is 7.80. The molecule has 0 aromatic heterocycles. The highest BCUT2D eigenvalue weighted by Crippen LogP contribution is 2.45. The maximum atomic E-state index is 10.4. The summed E-state index contributed by atoms with van der Waals surface area (Å²) in [6, 6.07) is 6.33. The summed E-state index contributed by atoms with van der Waals surface area (Å²) < 4.78 is 0. The third kappa shape index (κ3) is 2.48. The van der Waals surface area contributed by atoms with Gasteiger partial charge in [-0.3, -0.25) is 0 Å². The van der Waals surface area contributed by atoms with Crippen molar-refractivity contribution in [3.8, 4) is 5.75 Å². The Balaban J connectivity index is 1.75. The van der Waals surface area contributed by atoms with Crippen molar-refractivity contribution in [2.24, 2.45) is 11.8 Å². The van der Waals surface area contributed by atoms with Gasteiger partial charge >= 0.3 is 0 Å². The predicted molar refractivity (Wildman–Crippen MR) is 70.3 cm³/mol. The molecule has 0 amide bonds. The van der Waals surface area contributed by atoms with Crippen LogP contribution in [0.1, 0.15) is 56.1 Å². The molecule has 1 aromatic rings. The van der Waals surface area contributed by atoms with E-state index >= 15 is 0 Å². The van der Waals surface area contributed by atoms with Gasteiger partial charge in [-0.25, -0.2) is 0 Å². The lowest BCUT2D eigenvalue weighted by Crippen LogP contribution is -1.98. The van der Waals surface area contributed by atoms with Crippen molar-refractivity contribution >= 4 is 0 Å². The summed E-state index contributed by atoms with van der Waals surface area (Å²) in [5, 5.41) is 10.4. The van der Waals surface area contributed by atoms with E-state index < -0.39 is 0 Å². The standard InChI is InChI=1S/C16H22O/c1-11(13-9-10-13)15-4-2-3-14(16(15)17)8-7-12-5-6-12/h2-4,11-13,17H,5-10H2,1H3/t11-/m0/s1. The Morgan fingerprint density at radius 2 is 2.00 bits per heavy atom. The number of rotatable bonds is 5. The maximum absolute atomic E-state index is 10.4. The third-order valence-electron chi connectivity index (χ3n) is 4.49. The van der Waals surface area contributed by atoms with Crippen LogP contribution in [0.5, 0.6) is 5.75 Å². The van der Waals surface area contributed by atoms with Gasteiger partial charge in [-0.1, -0.05) is 38.0 Å². The van der Waals surface area contributed by atoms with Crippen molar-refractivity contribution in [2.75, 3.05) is 0 Å². The van der Waals surface area contributed by atoms with E-state index in [9.17, 15) is 5.11 Å². The van der Waals surface area contributed by atoms with Crippen LogP contribution < -0.4 is 0 Å². The van der Waals surface area contributed by atoms with E-state index in [0.717, 1.165) is 18.3 Å². The predicted octanol–water partition coefficient (Wildman–Crippen LogP) is 4.25. The highest BCUT2D eigenvalue weighted by atomic mass is 16.3. The fraction of sp³-hybridized carbons (Fsp3) is 0.625. The molecule has 0 radical (unpaired) electrons. The summed E-state index contributed by atoms with van der Waals surface area (Å²) in [5.74, 6) is 2.89. The van der Waals surface area contributed by atoms with Crippen LogP contribution in [0.4, 0.5) is 0 Å². The molecular weight excluding hydrogens is 208 g/mol. The number of aryl methyl sites for hydroxylation is 1. The minimum Gasteiger partial charge on any atom is -0.507 e. The van der Waals surface area contributed by atoms with E-state index in [-0.39, 0.29) is 0 Å². The van der Waals surface area contributed by atoms with Gasteiger partial charge in [-0.2, -0.15) is 0 Å². The molecule has 1 aromatic carbocycles. The Hall–Kier alpha value is -0.980. The number of benzene rings is 1. The van der Waals surface area contributed by atoms with E-state index in [0.29, 0.717) is 11.7 Å². The van der Waals surface area contributed by atoms with Gasteiger partial charge in [0, 0.05) is 0 Å². The summed E-state index contributed by atoms with van der Waals surface area (Å²) in [7, 11) is 0. The zero-order valence-corrected chi connectivity index (χ0v) is 10.7. The van der Waals surface area contributed by atoms with E-state index in [4.69, 9.17) is 0 Å². The molecule has 0 heterocycles. The largest absolute Gasteiger partial charge is 0.507 e. The topological polar surface area (TPSA) is 20.2 Å². The average Bonchev–Trinajstić information content (AvgIpc) is 3.17. The summed E-state index contributed by atoms with van der Waals surface area (Å²) in [5.41, 5.74) is 2.35. The summed E-state index contributed by atoms with van der Waals surface area (Å²) in [6.45, 7) is 2.26. The quantitative estimate of drug-likeness (QED) is 0.801. The first-order chi connectivity index (χ1) is 8.25. The lowest BCUT2D eigenvalue weighted by Gasteiger charge is -2.15. The first-order valence-electron chi connectivity index (χ1n) is 7.06. The molecule has 1 N–H and O–H groups in total. The van der Waals surface area contributed by atoms with Crippen LogP contribution in [-0.4, -0.2) is 5.11 Å². The molecule has 0 bridgehead atoms. The van der Waals surface area contributed by atoms with E-state index in [1.807, 2.05) is 0 Å². The molecule has 0 unspecified atom stereocenters. The maximum Gasteiger partial charge on any atom is 0.122 e. The highest BCUT2D eigenvalue weighted by Gasteiger charge is 2.30. The van der Waals surface area contributed by atoms with Crippen molar-refractivity contribution < 1.29 is 5.11 Å². The van der Waals surface area contributed by atoms with Crippen LogP contribution in [-0.2, 0) is 6.42 Å². The van der Waals surface area contributed by atoms with Crippen LogP contribution in [0.2, 0.25) is 0 Å². The van der Waals surface area contributed by atoms with Crippen molar-refractivity contribution in [1.82, 2.24) is 0 Å². The SMILES string of the molecule is C[C@H](c1cccc(CCC2CC2)c1O)C1CC1. The van der Waals surface area contributed by atoms with Crippen molar-refractivity contribution in [3.63, 3.8) is 0 Å². The Morgan fingerprint density at radius 3 is 2.65 bits per heavy atom. The van der Waals surface area contributed by atoms with Crippen LogP contribution in [0, 0.1) is 11.8 Å². The monoisotopic (exact) mass is 230 g/mol. The lowest BCUT2D eigenvalue weighted by atomic mass is 9.92. The first-order valence-corrected chi connectivity index (χ1v) is 7.06. The number of hydrogen-bond acceptors (Lipinski definition) is 1. The number of para-hydroxylation sites is 1. The van der Waals surface area contributed by atoms with Gasteiger partial charge in [0.15, 0.2) is 0 Å². The Bertz CT molecular complexity index is 402. The van der Waals surface area contributed by atoms with E-state index in [1.165, 1.54) is 43.2 Å². The fourth-order valence-electron chi connectivity index (χ4n) is 2.80. The molecule has 1 heteroatoms. The normalized spacial score (nSPS) is 21.5. The second-order valence-corrected chi connectivity index (χ2v) is 5.96. The second kappa shape index (κ2) is 4.36. The van der Waals surface area contributed by atoms with Gasteiger partial charge in [0.05, 0.1) is 0 Å². The van der Waals surface area contributed by atoms with E-state index in [1.54, 1.807) is 0 Å². The van der Waals surface area contributed by atoms with Crippen LogP contribution >= 0.6 is 0 Å². The molecule has 1 atom stereocenters. The molecule has 0 spiro atoms. The zero-order valence-electron chi connectivity index (χ0n) is 10.7. The van der Waals surface area contributed by atoms with E-state index in [2.05, 4.69) is 25.1 Å².